The van der Waals surface area contributed by atoms with Crippen molar-refractivity contribution in [3.8, 4) is 0 Å². The molecule has 128 valence electrons. The lowest BCUT2D eigenvalue weighted by Crippen LogP contribution is -2.30. The molecule has 7 nitrogen and oxygen atoms in total. The van der Waals surface area contributed by atoms with Gasteiger partial charge in [-0.2, -0.15) is 0 Å². The van der Waals surface area contributed by atoms with Crippen molar-refractivity contribution in [3.05, 3.63) is 35.0 Å². The lowest BCUT2D eigenvalue weighted by atomic mass is 10.3. The molecule has 0 spiro atoms. The molecule has 1 saturated carbocycles. The van der Waals surface area contributed by atoms with Gasteiger partial charge in [-0.25, -0.2) is 4.68 Å². The van der Waals surface area contributed by atoms with Crippen LogP contribution >= 0.6 is 0 Å². The van der Waals surface area contributed by atoms with Crippen molar-refractivity contribution in [1.29, 1.82) is 0 Å². The van der Waals surface area contributed by atoms with Gasteiger partial charge in [-0.15, -0.1) is 5.10 Å². The number of furan rings is 1. The third kappa shape index (κ3) is 3.21. The SMILES string of the molecule is Cc1ccc(C(=O)N2CCCn3nnc(COCC4CC4)c3C2)o1. The summed E-state index contributed by atoms with van der Waals surface area (Å²) in [6.45, 7) is 5.05. The number of fused-ring (bicyclic) bond motifs is 1. The first-order valence-corrected chi connectivity index (χ1v) is 8.55. The molecule has 0 aromatic carbocycles. The molecule has 4 rings (SSSR count). The van der Waals surface area contributed by atoms with Crippen LogP contribution in [0, 0.1) is 12.8 Å². The van der Waals surface area contributed by atoms with Crippen molar-refractivity contribution in [1.82, 2.24) is 19.9 Å². The molecule has 1 aliphatic carbocycles. The summed E-state index contributed by atoms with van der Waals surface area (Å²) < 4.78 is 13.1. The van der Waals surface area contributed by atoms with Crippen LogP contribution < -0.4 is 0 Å². The second-order valence-corrected chi connectivity index (χ2v) is 6.66. The predicted octanol–water partition coefficient (Wildman–Crippen LogP) is 2.15. The second-order valence-electron chi connectivity index (χ2n) is 6.66. The molecule has 1 aliphatic heterocycles. The van der Waals surface area contributed by atoms with Crippen LogP contribution in [-0.4, -0.2) is 39.0 Å². The van der Waals surface area contributed by atoms with Crippen molar-refractivity contribution >= 4 is 5.91 Å². The highest BCUT2D eigenvalue weighted by Gasteiger charge is 2.26. The summed E-state index contributed by atoms with van der Waals surface area (Å²) in [5.41, 5.74) is 1.81. The highest BCUT2D eigenvalue weighted by molar-refractivity contribution is 5.91. The number of carbonyl (C=O) groups excluding carboxylic acids is 1. The Morgan fingerprint density at radius 1 is 1.38 bits per heavy atom. The summed E-state index contributed by atoms with van der Waals surface area (Å²) in [5.74, 6) is 1.77. The Labute approximate surface area is 140 Å². The van der Waals surface area contributed by atoms with Gasteiger partial charge in [-0.1, -0.05) is 5.21 Å². The lowest BCUT2D eigenvalue weighted by Gasteiger charge is -2.19. The van der Waals surface area contributed by atoms with Crippen molar-refractivity contribution in [2.75, 3.05) is 13.2 Å². The fourth-order valence-corrected chi connectivity index (χ4v) is 2.99. The first-order valence-electron chi connectivity index (χ1n) is 8.55. The molecule has 3 heterocycles. The number of ether oxygens (including phenoxy) is 1. The standard InChI is InChI=1S/C17H22N4O3/c1-12-3-6-16(24-12)17(22)20-7-2-8-21-15(9-20)14(18-19-21)11-23-10-13-4-5-13/h3,6,13H,2,4-5,7-11H2,1H3. The van der Waals surface area contributed by atoms with Gasteiger partial charge in [0.15, 0.2) is 5.76 Å². The van der Waals surface area contributed by atoms with Gasteiger partial charge in [0.25, 0.3) is 5.91 Å². The van der Waals surface area contributed by atoms with Crippen LogP contribution in [0.1, 0.15) is 47.0 Å². The minimum atomic E-state index is -0.0809. The maximum atomic E-state index is 12.7. The highest BCUT2D eigenvalue weighted by Crippen LogP contribution is 2.29. The summed E-state index contributed by atoms with van der Waals surface area (Å²) in [6, 6.07) is 3.55. The van der Waals surface area contributed by atoms with E-state index in [1.807, 2.05) is 22.6 Å². The molecule has 0 bridgehead atoms. The zero-order valence-corrected chi connectivity index (χ0v) is 13.9. The van der Waals surface area contributed by atoms with E-state index in [0.717, 1.165) is 42.6 Å². The number of hydrogen-bond acceptors (Lipinski definition) is 5. The van der Waals surface area contributed by atoms with E-state index < -0.39 is 0 Å². The number of amides is 1. The summed E-state index contributed by atoms with van der Waals surface area (Å²) in [4.78, 5) is 14.5. The Morgan fingerprint density at radius 3 is 3.00 bits per heavy atom. The van der Waals surface area contributed by atoms with Crippen LogP contribution in [0.3, 0.4) is 0 Å². The minimum absolute atomic E-state index is 0.0809. The van der Waals surface area contributed by atoms with Gasteiger partial charge in [0, 0.05) is 19.7 Å². The van der Waals surface area contributed by atoms with Crippen LogP contribution in [0.25, 0.3) is 0 Å². The maximum absolute atomic E-state index is 12.7. The van der Waals surface area contributed by atoms with Gasteiger partial charge in [0.1, 0.15) is 11.5 Å². The van der Waals surface area contributed by atoms with E-state index >= 15 is 0 Å². The van der Waals surface area contributed by atoms with E-state index in [1.165, 1.54) is 12.8 Å². The average Bonchev–Trinajstić information content (AvgIpc) is 3.24. The number of carbonyl (C=O) groups is 1. The van der Waals surface area contributed by atoms with E-state index in [-0.39, 0.29) is 5.91 Å². The molecule has 7 heteroatoms. The number of hydrogen-bond donors (Lipinski definition) is 0. The van der Waals surface area contributed by atoms with E-state index in [9.17, 15) is 4.79 Å². The van der Waals surface area contributed by atoms with Crippen LogP contribution in [0.2, 0.25) is 0 Å². The maximum Gasteiger partial charge on any atom is 0.289 e. The van der Waals surface area contributed by atoms with Gasteiger partial charge >= 0.3 is 0 Å². The quantitative estimate of drug-likeness (QED) is 0.840. The molecule has 0 atom stereocenters. The Bertz CT molecular complexity index is 732. The third-order valence-corrected chi connectivity index (χ3v) is 4.58. The molecular weight excluding hydrogens is 308 g/mol. The Morgan fingerprint density at radius 2 is 2.25 bits per heavy atom. The van der Waals surface area contributed by atoms with Gasteiger partial charge in [-0.05, 0) is 44.2 Å². The fraction of sp³-hybridized carbons (Fsp3) is 0.588. The number of rotatable bonds is 5. The van der Waals surface area contributed by atoms with Crippen molar-refractivity contribution in [2.45, 2.75) is 45.9 Å². The molecule has 0 unspecified atom stereocenters. The van der Waals surface area contributed by atoms with Gasteiger partial charge in [-0.3, -0.25) is 4.79 Å². The smallest absolute Gasteiger partial charge is 0.289 e. The van der Waals surface area contributed by atoms with Crippen LogP contribution in [0.4, 0.5) is 0 Å². The largest absolute Gasteiger partial charge is 0.456 e. The molecule has 0 saturated heterocycles. The topological polar surface area (TPSA) is 73.4 Å². The van der Waals surface area contributed by atoms with Crippen molar-refractivity contribution in [2.24, 2.45) is 5.92 Å². The van der Waals surface area contributed by atoms with Gasteiger partial charge < -0.3 is 14.1 Å². The van der Waals surface area contributed by atoms with E-state index in [4.69, 9.17) is 9.15 Å². The average molecular weight is 330 g/mol. The summed E-state index contributed by atoms with van der Waals surface area (Å²) in [6.07, 6.45) is 3.39. The molecule has 2 aromatic rings. The molecule has 1 fully saturated rings. The van der Waals surface area contributed by atoms with E-state index in [1.54, 1.807) is 6.07 Å². The number of nitrogens with zero attached hydrogens (tertiary/aromatic N) is 4. The van der Waals surface area contributed by atoms with Crippen molar-refractivity contribution < 1.29 is 13.9 Å². The first-order chi connectivity index (χ1) is 11.7. The molecule has 0 radical (unpaired) electrons. The zero-order valence-electron chi connectivity index (χ0n) is 13.9. The van der Waals surface area contributed by atoms with E-state index in [0.29, 0.717) is 25.5 Å². The summed E-state index contributed by atoms with van der Waals surface area (Å²) in [7, 11) is 0. The molecule has 24 heavy (non-hydrogen) atoms. The normalized spacial score (nSPS) is 17.6. The van der Waals surface area contributed by atoms with Gasteiger partial charge in [0.05, 0.1) is 18.8 Å². The molecule has 0 N–H and O–H groups in total. The Kier molecular flexibility index (Phi) is 4.10. The van der Waals surface area contributed by atoms with Crippen LogP contribution in [0.5, 0.6) is 0 Å². The zero-order chi connectivity index (χ0) is 16.5. The van der Waals surface area contributed by atoms with E-state index in [2.05, 4.69) is 10.3 Å². The summed E-state index contributed by atoms with van der Waals surface area (Å²) in [5, 5.41) is 8.48. The highest BCUT2D eigenvalue weighted by atomic mass is 16.5. The number of aromatic nitrogens is 3. The van der Waals surface area contributed by atoms with Gasteiger partial charge in [0.2, 0.25) is 0 Å². The Hall–Kier alpha value is -2.15. The lowest BCUT2D eigenvalue weighted by molar-refractivity contribution is 0.0708. The first kappa shape index (κ1) is 15.4. The second kappa shape index (κ2) is 6.39. The van der Waals surface area contributed by atoms with Crippen LogP contribution in [-0.2, 0) is 24.4 Å². The fourth-order valence-electron chi connectivity index (χ4n) is 2.99. The minimum Gasteiger partial charge on any atom is -0.456 e. The summed E-state index contributed by atoms with van der Waals surface area (Å²) >= 11 is 0. The van der Waals surface area contributed by atoms with Crippen LogP contribution in [0.15, 0.2) is 16.5 Å². The molecule has 2 aliphatic rings. The monoisotopic (exact) mass is 330 g/mol. The third-order valence-electron chi connectivity index (χ3n) is 4.58. The molecular formula is C17H22N4O3. The number of aryl methyl sites for hydroxylation is 2. The molecule has 2 aromatic heterocycles. The molecule has 1 amide bonds. The van der Waals surface area contributed by atoms with Crippen molar-refractivity contribution in [3.63, 3.8) is 0 Å². The Balaban J connectivity index is 1.48. The predicted molar refractivity (Wildman–Crippen MR) is 85.2 cm³/mol.